The van der Waals surface area contributed by atoms with Gasteiger partial charge in [0, 0.05) is 6.92 Å². The first-order chi connectivity index (χ1) is 11.8. The Hall–Kier alpha value is -3.10. The molecule has 2 atom stereocenters. The predicted octanol–water partition coefficient (Wildman–Crippen LogP) is 0.615. The van der Waals surface area contributed by atoms with E-state index in [2.05, 4.69) is 4.74 Å². The summed E-state index contributed by atoms with van der Waals surface area (Å²) in [6, 6.07) is 6.77. The Morgan fingerprint density at radius 1 is 1.28 bits per heavy atom. The van der Waals surface area contributed by atoms with E-state index in [1.165, 1.54) is 18.7 Å². The van der Waals surface area contributed by atoms with Gasteiger partial charge < -0.3 is 19.1 Å². The third-order valence-electron chi connectivity index (χ3n) is 3.49. The van der Waals surface area contributed by atoms with Gasteiger partial charge in [0.1, 0.15) is 5.75 Å². The summed E-state index contributed by atoms with van der Waals surface area (Å²) in [6.45, 7) is 2.63. The van der Waals surface area contributed by atoms with E-state index >= 15 is 0 Å². The van der Waals surface area contributed by atoms with Gasteiger partial charge in [0.2, 0.25) is 12.0 Å². The first-order valence-corrected chi connectivity index (χ1v) is 7.46. The number of hydrogen-bond acceptors (Lipinski definition) is 7. The molecular weight excluding hydrogens is 332 g/mol. The molecule has 1 heterocycles. The Morgan fingerprint density at radius 2 is 1.96 bits per heavy atom. The number of rotatable bonds is 3. The van der Waals surface area contributed by atoms with Gasteiger partial charge in [0.25, 0.3) is 5.91 Å². The molecule has 3 amide bonds. The van der Waals surface area contributed by atoms with Crippen molar-refractivity contribution < 1.29 is 33.4 Å². The van der Waals surface area contributed by atoms with Crippen molar-refractivity contribution in [3.05, 3.63) is 24.3 Å². The number of anilines is 1. The summed E-state index contributed by atoms with van der Waals surface area (Å²) in [6.07, 6.45) is -3.29. The van der Waals surface area contributed by atoms with E-state index in [-0.39, 0.29) is 12.5 Å². The number of carbonyl (C=O) groups is 4. The molecule has 0 bridgehead atoms. The molecule has 25 heavy (non-hydrogen) atoms. The second-order valence-corrected chi connectivity index (χ2v) is 5.26. The van der Waals surface area contributed by atoms with Crippen molar-refractivity contribution in [2.24, 2.45) is 0 Å². The summed E-state index contributed by atoms with van der Waals surface area (Å²) < 4.78 is 14.9. The standard InChI is InChI=1S/C16H18N2O7/c1-9(14(20)17-16(22)23-3)24-15(21)13-8-18(10(2)19)11-6-4-5-7-12(11)25-13/h4-7,9,13H,8H2,1-3H3,(H,17,20,22)/t9-,13+/m1/s1. The van der Waals surface area contributed by atoms with Crippen molar-refractivity contribution in [1.29, 1.82) is 0 Å². The number of hydrogen-bond donors (Lipinski definition) is 1. The highest BCUT2D eigenvalue weighted by molar-refractivity contribution is 5.97. The Morgan fingerprint density at radius 3 is 2.60 bits per heavy atom. The molecule has 1 aliphatic heterocycles. The molecule has 9 nitrogen and oxygen atoms in total. The zero-order chi connectivity index (χ0) is 18.6. The third-order valence-corrected chi connectivity index (χ3v) is 3.49. The number of imide groups is 1. The number of esters is 1. The molecule has 0 saturated carbocycles. The molecule has 0 unspecified atom stereocenters. The lowest BCUT2D eigenvalue weighted by atomic mass is 10.2. The second kappa shape index (κ2) is 7.65. The van der Waals surface area contributed by atoms with Crippen LogP contribution in [-0.4, -0.2) is 49.7 Å². The predicted molar refractivity (Wildman–Crippen MR) is 85.0 cm³/mol. The molecule has 0 saturated heterocycles. The van der Waals surface area contributed by atoms with Gasteiger partial charge in [-0.25, -0.2) is 9.59 Å². The summed E-state index contributed by atoms with van der Waals surface area (Å²) in [7, 11) is 1.10. The minimum atomic E-state index is -1.24. The van der Waals surface area contributed by atoms with Crippen molar-refractivity contribution in [3.8, 4) is 5.75 Å². The van der Waals surface area contributed by atoms with Crippen LogP contribution in [0.25, 0.3) is 0 Å². The van der Waals surface area contributed by atoms with E-state index in [1.807, 2.05) is 5.32 Å². The molecule has 1 aliphatic rings. The fraction of sp³-hybridized carbons (Fsp3) is 0.375. The number of methoxy groups -OCH3 is 1. The lowest BCUT2D eigenvalue weighted by Crippen LogP contribution is -2.49. The highest BCUT2D eigenvalue weighted by Gasteiger charge is 2.35. The van der Waals surface area contributed by atoms with Crippen LogP contribution >= 0.6 is 0 Å². The average molecular weight is 350 g/mol. The van der Waals surface area contributed by atoms with Crippen molar-refractivity contribution in [2.75, 3.05) is 18.6 Å². The molecule has 0 radical (unpaired) electrons. The molecule has 0 aliphatic carbocycles. The number of alkyl carbamates (subject to hydrolysis) is 1. The average Bonchev–Trinajstić information content (AvgIpc) is 2.60. The van der Waals surface area contributed by atoms with Gasteiger partial charge in [-0.2, -0.15) is 0 Å². The molecule has 0 fully saturated rings. The maximum Gasteiger partial charge on any atom is 0.413 e. The SMILES string of the molecule is COC(=O)NC(=O)[C@@H](C)OC(=O)[C@@H]1CN(C(C)=O)c2ccccc2O1. The Labute approximate surface area is 143 Å². The molecule has 134 valence electrons. The van der Waals surface area contributed by atoms with Crippen molar-refractivity contribution in [3.63, 3.8) is 0 Å². The monoisotopic (exact) mass is 350 g/mol. The van der Waals surface area contributed by atoms with Crippen LogP contribution in [0.15, 0.2) is 24.3 Å². The number of nitrogens with zero attached hydrogens (tertiary/aromatic N) is 1. The zero-order valence-corrected chi connectivity index (χ0v) is 14.0. The van der Waals surface area contributed by atoms with Crippen molar-refractivity contribution in [1.82, 2.24) is 5.32 Å². The van der Waals surface area contributed by atoms with Crippen LogP contribution in [0, 0.1) is 0 Å². The van der Waals surface area contributed by atoms with E-state index in [4.69, 9.17) is 9.47 Å². The number of benzene rings is 1. The van der Waals surface area contributed by atoms with Gasteiger partial charge in [0.15, 0.2) is 6.10 Å². The number of fused-ring (bicyclic) bond motifs is 1. The zero-order valence-electron chi connectivity index (χ0n) is 14.0. The largest absolute Gasteiger partial charge is 0.475 e. The van der Waals surface area contributed by atoms with Crippen LogP contribution in [-0.2, 0) is 23.9 Å². The highest BCUT2D eigenvalue weighted by Crippen LogP contribution is 2.33. The molecule has 1 aromatic carbocycles. The highest BCUT2D eigenvalue weighted by atomic mass is 16.6. The third kappa shape index (κ3) is 4.25. The molecule has 9 heteroatoms. The fourth-order valence-corrected chi connectivity index (χ4v) is 2.21. The van der Waals surface area contributed by atoms with E-state index < -0.39 is 30.2 Å². The maximum absolute atomic E-state index is 12.3. The van der Waals surface area contributed by atoms with Crippen LogP contribution in [0.4, 0.5) is 10.5 Å². The summed E-state index contributed by atoms with van der Waals surface area (Å²) in [5, 5.41) is 1.90. The van der Waals surface area contributed by atoms with Gasteiger partial charge >= 0.3 is 12.1 Å². The minimum Gasteiger partial charge on any atom is -0.475 e. The summed E-state index contributed by atoms with van der Waals surface area (Å²) in [5.41, 5.74) is 0.551. The van der Waals surface area contributed by atoms with Crippen LogP contribution in [0.5, 0.6) is 5.75 Å². The quantitative estimate of drug-likeness (QED) is 0.795. The minimum absolute atomic E-state index is 0.0451. The van der Waals surface area contributed by atoms with Crippen LogP contribution < -0.4 is 15.0 Å². The van der Waals surface area contributed by atoms with Gasteiger partial charge in [0.05, 0.1) is 19.3 Å². The number of nitrogens with one attached hydrogen (secondary N) is 1. The lowest BCUT2D eigenvalue weighted by molar-refractivity contribution is -0.161. The second-order valence-electron chi connectivity index (χ2n) is 5.26. The normalized spacial score (nSPS) is 16.8. The smallest absolute Gasteiger partial charge is 0.413 e. The summed E-state index contributed by atoms with van der Waals surface area (Å²) in [4.78, 5) is 48.2. The number of amides is 3. The van der Waals surface area contributed by atoms with E-state index in [1.54, 1.807) is 24.3 Å². The molecule has 1 N–H and O–H groups in total. The first kappa shape index (κ1) is 18.2. The Bertz CT molecular complexity index is 703. The molecular formula is C16H18N2O7. The van der Waals surface area contributed by atoms with Gasteiger partial charge in [-0.1, -0.05) is 12.1 Å². The van der Waals surface area contributed by atoms with Gasteiger partial charge in [-0.05, 0) is 19.1 Å². The first-order valence-electron chi connectivity index (χ1n) is 7.46. The lowest BCUT2D eigenvalue weighted by Gasteiger charge is -2.33. The number of ether oxygens (including phenoxy) is 3. The molecule has 0 aromatic heterocycles. The summed E-state index contributed by atoms with van der Waals surface area (Å²) >= 11 is 0. The van der Waals surface area contributed by atoms with E-state index in [0.29, 0.717) is 11.4 Å². The Kier molecular flexibility index (Phi) is 5.58. The Balaban J connectivity index is 2.06. The van der Waals surface area contributed by atoms with Crippen LogP contribution in [0.1, 0.15) is 13.8 Å². The van der Waals surface area contributed by atoms with Gasteiger partial charge in [-0.3, -0.25) is 14.9 Å². The van der Waals surface area contributed by atoms with Crippen LogP contribution in [0.3, 0.4) is 0 Å². The van der Waals surface area contributed by atoms with E-state index in [0.717, 1.165) is 7.11 Å². The van der Waals surface area contributed by atoms with E-state index in [9.17, 15) is 19.2 Å². The summed E-state index contributed by atoms with van der Waals surface area (Å²) in [5.74, 6) is -1.56. The maximum atomic E-state index is 12.3. The van der Waals surface area contributed by atoms with Crippen LogP contribution in [0.2, 0.25) is 0 Å². The fourth-order valence-electron chi connectivity index (χ4n) is 2.21. The topological polar surface area (TPSA) is 111 Å². The van der Waals surface area contributed by atoms with Gasteiger partial charge in [-0.15, -0.1) is 0 Å². The molecule has 0 spiro atoms. The number of para-hydroxylation sites is 2. The molecule has 1 aromatic rings. The van der Waals surface area contributed by atoms with Crippen molar-refractivity contribution >= 4 is 29.6 Å². The number of carbonyl (C=O) groups excluding carboxylic acids is 4. The van der Waals surface area contributed by atoms with Crippen molar-refractivity contribution in [2.45, 2.75) is 26.1 Å². The molecule has 2 rings (SSSR count).